The lowest BCUT2D eigenvalue weighted by Crippen LogP contribution is -2.23. The molecular weight excluding hydrogens is 208 g/mol. The summed E-state index contributed by atoms with van der Waals surface area (Å²) in [5.74, 6) is 2.52. The Morgan fingerprint density at radius 1 is 1.06 bits per heavy atom. The summed E-state index contributed by atoms with van der Waals surface area (Å²) < 4.78 is 0. The molecule has 0 aromatic rings. The summed E-state index contributed by atoms with van der Waals surface area (Å²) in [7, 11) is 0. The molecule has 0 aromatic heterocycles. The fourth-order valence-corrected chi connectivity index (χ4v) is 3.21. The van der Waals surface area contributed by atoms with Gasteiger partial charge in [-0.15, -0.1) is 0 Å². The van der Waals surface area contributed by atoms with E-state index in [4.69, 9.17) is 0 Å². The van der Waals surface area contributed by atoms with E-state index in [2.05, 4.69) is 20.8 Å². The van der Waals surface area contributed by atoms with Crippen LogP contribution in [0.3, 0.4) is 0 Å². The Hall–Kier alpha value is -0.330. The Kier molecular flexibility index (Phi) is 6.84. The predicted molar refractivity (Wildman–Crippen MR) is 74.1 cm³/mol. The zero-order chi connectivity index (χ0) is 12.7. The molecule has 1 saturated carbocycles. The summed E-state index contributed by atoms with van der Waals surface area (Å²) >= 11 is 0. The average molecular weight is 238 g/mol. The zero-order valence-electron chi connectivity index (χ0n) is 12.0. The van der Waals surface area contributed by atoms with Gasteiger partial charge in [-0.05, 0) is 37.5 Å². The molecule has 0 amide bonds. The predicted octanol–water partition coefficient (Wildman–Crippen LogP) is 4.99. The Bertz CT molecular complexity index is 210. The Labute approximate surface area is 107 Å². The number of rotatable bonds is 7. The highest BCUT2D eigenvalue weighted by atomic mass is 16.1. The highest BCUT2D eigenvalue weighted by Gasteiger charge is 2.26. The minimum absolute atomic E-state index is 0.406. The maximum atomic E-state index is 12.2. The molecule has 0 aromatic carbocycles. The standard InChI is InChI=1S/C16H30O/c1-4-7-14-8-10-15(11-9-14)16(17)12-13(5-2)6-3/h13-15H,4-12H2,1-3H3. The van der Waals surface area contributed by atoms with Gasteiger partial charge >= 0.3 is 0 Å². The van der Waals surface area contributed by atoms with Gasteiger partial charge in [-0.25, -0.2) is 0 Å². The van der Waals surface area contributed by atoms with E-state index in [0.717, 1.165) is 25.2 Å². The Balaban J connectivity index is 2.30. The summed E-state index contributed by atoms with van der Waals surface area (Å²) in [6.07, 6.45) is 10.8. The molecule has 0 saturated heterocycles. The van der Waals surface area contributed by atoms with Crippen molar-refractivity contribution in [2.24, 2.45) is 17.8 Å². The molecule has 17 heavy (non-hydrogen) atoms. The van der Waals surface area contributed by atoms with Crippen molar-refractivity contribution in [3.8, 4) is 0 Å². The van der Waals surface area contributed by atoms with E-state index in [9.17, 15) is 4.79 Å². The van der Waals surface area contributed by atoms with Gasteiger partial charge in [0.2, 0.25) is 0 Å². The van der Waals surface area contributed by atoms with Crippen molar-refractivity contribution in [1.82, 2.24) is 0 Å². The molecule has 1 aliphatic rings. The lowest BCUT2D eigenvalue weighted by atomic mass is 9.76. The quantitative estimate of drug-likeness (QED) is 0.611. The van der Waals surface area contributed by atoms with Crippen LogP contribution in [-0.2, 0) is 4.79 Å². The van der Waals surface area contributed by atoms with E-state index < -0.39 is 0 Å². The normalized spacial score (nSPS) is 25.2. The van der Waals surface area contributed by atoms with Crippen molar-refractivity contribution in [3.63, 3.8) is 0 Å². The van der Waals surface area contributed by atoms with Crippen LogP contribution in [0.2, 0.25) is 0 Å². The van der Waals surface area contributed by atoms with Gasteiger partial charge in [0.05, 0.1) is 0 Å². The van der Waals surface area contributed by atoms with Crippen LogP contribution in [0.15, 0.2) is 0 Å². The fourth-order valence-electron chi connectivity index (χ4n) is 3.21. The van der Waals surface area contributed by atoms with Crippen molar-refractivity contribution < 1.29 is 4.79 Å². The first-order valence-corrected chi connectivity index (χ1v) is 7.73. The van der Waals surface area contributed by atoms with Crippen LogP contribution in [0.5, 0.6) is 0 Å². The van der Waals surface area contributed by atoms with E-state index in [0.29, 0.717) is 17.6 Å². The van der Waals surface area contributed by atoms with Crippen molar-refractivity contribution in [1.29, 1.82) is 0 Å². The van der Waals surface area contributed by atoms with Gasteiger partial charge in [0.1, 0.15) is 5.78 Å². The summed E-state index contributed by atoms with van der Waals surface area (Å²) in [6.45, 7) is 6.68. The molecule has 0 heterocycles. The van der Waals surface area contributed by atoms with Crippen molar-refractivity contribution >= 4 is 5.78 Å². The van der Waals surface area contributed by atoms with E-state index in [1.54, 1.807) is 0 Å². The number of carbonyl (C=O) groups is 1. The maximum absolute atomic E-state index is 12.2. The lowest BCUT2D eigenvalue weighted by Gasteiger charge is -2.28. The Morgan fingerprint density at radius 2 is 1.65 bits per heavy atom. The summed E-state index contributed by atoms with van der Waals surface area (Å²) in [5.41, 5.74) is 0. The second-order valence-electron chi connectivity index (χ2n) is 5.86. The molecule has 1 fully saturated rings. The van der Waals surface area contributed by atoms with E-state index in [-0.39, 0.29) is 0 Å². The minimum Gasteiger partial charge on any atom is -0.299 e. The number of carbonyl (C=O) groups excluding carboxylic acids is 1. The monoisotopic (exact) mass is 238 g/mol. The second-order valence-corrected chi connectivity index (χ2v) is 5.86. The van der Waals surface area contributed by atoms with Crippen molar-refractivity contribution in [2.45, 2.75) is 78.6 Å². The van der Waals surface area contributed by atoms with E-state index >= 15 is 0 Å². The number of hydrogen-bond acceptors (Lipinski definition) is 1. The zero-order valence-corrected chi connectivity index (χ0v) is 12.0. The third-order valence-corrected chi connectivity index (χ3v) is 4.64. The topological polar surface area (TPSA) is 17.1 Å². The van der Waals surface area contributed by atoms with Crippen LogP contribution in [0.25, 0.3) is 0 Å². The van der Waals surface area contributed by atoms with Crippen molar-refractivity contribution in [2.75, 3.05) is 0 Å². The van der Waals surface area contributed by atoms with Crippen LogP contribution in [0.4, 0.5) is 0 Å². The molecule has 0 spiro atoms. The van der Waals surface area contributed by atoms with Crippen LogP contribution in [-0.4, -0.2) is 5.78 Å². The molecule has 0 aliphatic heterocycles. The summed E-state index contributed by atoms with van der Waals surface area (Å²) in [4.78, 5) is 12.2. The fraction of sp³-hybridized carbons (Fsp3) is 0.938. The number of hydrogen-bond donors (Lipinski definition) is 0. The van der Waals surface area contributed by atoms with E-state index in [1.807, 2.05) is 0 Å². The van der Waals surface area contributed by atoms with Crippen LogP contribution in [0.1, 0.15) is 78.6 Å². The number of Topliss-reactive ketones (excluding diaryl/α,β-unsaturated/α-hetero) is 1. The van der Waals surface area contributed by atoms with Gasteiger partial charge in [0.15, 0.2) is 0 Å². The maximum Gasteiger partial charge on any atom is 0.136 e. The van der Waals surface area contributed by atoms with Gasteiger partial charge < -0.3 is 0 Å². The van der Waals surface area contributed by atoms with Crippen LogP contribution in [0, 0.1) is 17.8 Å². The first-order chi connectivity index (χ1) is 8.21. The molecule has 1 heteroatoms. The first-order valence-electron chi connectivity index (χ1n) is 7.73. The third kappa shape index (κ3) is 4.81. The number of ketones is 1. The molecule has 0 unspecified atom stereocenters. The van der Waals surface area contributed by atoms with Gasteiger partial charge in [0.25, 0.3) is 0 Å². The molecule has 0 bridgehead atoms. The van der Waals surface area contributed by atoms with Crippen molar-refractivity contribution in [3.05, 3.63) is 0 Å². The summed E-state index contributed by atoms with van der Waals surface area (Å²) in [5, 5.41) is 0. The molecule has 0 radical (unpaired) electrons. The highest BCUT2D eigenvalue weighted by molar-refractivity contribution is 5.81. The first kappa shape index (κ1) is 14.7. The SMILES string of the molecule is CCCC1CCC(C(=O)CC(CC)CC)CC1. The van der Waals surface area contributed by atoms with Gasteiger partial charge in [-0.2, -0.15) is 0 Å². The minimum atomic E-state index is 0.406. The van der Waals surface area contributed by atoms with Gasteiger partial charge in [0, 0.05) is 12.3 Å². The third-order valence-electron chi connectivity index (χ3n) is 4.64. The molecular formula is C16H30O. The second kappa shape index (κ2) is 7.89. The van der Waals surface area contributed by atoms with E-state index in [1.165, 1.54) is 38.5 Å². The molecule has 1 rings (SSSR count). The Morgan fingerprint density at radius 3 is 2.12 bits per heavy atom. The van der Waals surface area contributed by atoms with Crippen LogP contribution < -0.4 is 0 Å². The largest absolute Gasteiger partial charge is 0.299 e. The van der Waals surface area contributed by atoms with Gasteiger partial charge in [-0.1, -0.05) is 46.5 Å². The molecule has 0 atom stereocenters. The average Bonchev–Trinajstić information content (AvgIpc) is 2.37. The molecule has 100 valence electrons. The molecule has 1 aliphatic carbocycles. The van der Waals surface area contributed by atoms with Gasteiger partial charge in [-0.3, -0.25) is 4.79 Å². The molecule has 0 N–H and O–H groups in total. The summed E-state index contributed by atoms with van der Waals surface area (Å²) in [6, 6.07) is 0. The molecule has 1 nitrogen and oxygen atoms in total. The smallest absolute Gasteiger partial charge is 0.136 e. The lowest BCUT2D eigenvalue weighted by molar-refractivity contribution is -0.125. The van der Waals surface area contributed by atoms with Crippen LogP contribution >= 0.6 is 0 Å². The highest BCUT2D eigenvalue weighted by Crippen LogP contribution is 2.33.